The molecule has 0 saturated heterocycles. The molecule has 0 aliphatic carbocycles. The highest BCUT2D eigenvalue weighted by molar-refractivity contribution is 9.10. The number of nitrogens with one attached hydrogen (secondary N) is 2. The van der Waals surface area contributed by atoms with Crippen LogP contribution < -0.4 is 10.9 Å². The van der Waals surface area contributed by atoms with Gasteiger partial charge in [0.1, 0.15) is 0 Å². The number of aromatic nitrogens is 4. The van der Waals surface area contributed by atoms with Crippen LogP contribution in [0.4, 0.5) is 11.9 Å². The second-order valence-corrected chi connectivity index (χ2v) is 8.41. The molecule has 0 unspecified atom stereocenters. The minimum atomic E-state index is -0.170. The van der Waals surface area contributed by atoms with Gasteiger partial charge in [-0.15, -0.1) is 0 Å². The lowest BCUT2D eigenvalue weighted by Crippen LogP contribution is -2.19. The van der Waals surface area contributed by atoms with E-state index < -0.39 is 0 Å². The van der Waals surface area contributed by atoms with Gasteiger partial charge in [-0.25, -0.2) is 15.0 Å². The van der Waals surface area contributed by atoms with Gasteiger partial charge in [-0.2, -0.15) is 0 Å². The highest BCUT2D eigenvalue weighted by atomic mass is 79.9. The molecule has 0 fully saturated rings. The summed E-state index contributed by atoms with van der Waals surface area (Å²) in [6.45, 7) is 7.93. The number of anilines is 2. The highest BCUT2D eigenvalue weighted by Crippen LogP contribution is 2.22. The first kappa shape index (κ1) is 20.2. The van der Waals surface area contributed by atoms with E-state index in [1.54, 1.807) is 0 Å². The molecule has 0 aliphatic rings. The zero-order chi connectivity index (χ0) is 21.4. The minimum Gasteiger partial charge on any atom is -0.294 e. The Labute approximate surface area is 183 Å². The Morgan fingerprint density at radius 3 is 2.33 bits per heavy atom. The van der Waals surface area contributed by atoms with Crippen LogP contribution in [0, 0.1) is 27.7 Å². The molecule has 4 aromatic rings. The lowest BCUT2D eigenvalue weighted by atomic mass is 10.1. The zero-order valence-corrected chi connectivity index (χ0v) is 18.9. The summed E-state index contributed by atoms with van der Waals surface area (Å²) in [5, 5.41) is 4.08. The largest absolute Gasteiger partial charge is 0.294 e. The fraction of sp³-hybridized carbons (Fsp3) is 0.217. The molecule has 2 heterocycles. The van der Waals surface area contributed by atoms with E-state index >= 15 is 0 Å². The molecule has 2 aromatic carbocycles. The van der Waals surface area contributed by atoms with Crippen molar-refractivity contribution in [3.05, 3.63) is 84.9 Å². The van der Waals surface area contributed by atoms with E-state index in [4.69, 9.17) is 0 Å². The van der Waals surface area contributed by atoms with Crippen LogP contribution in [0.2, 0.25) is 0 Å². The van der Waals surface area contributed by atoms with Gasteiger partial charge in [-0.05, 0) is 68.7 Å². The van der Waals surface area contributed by atoms with Crippen molar-refractivity contribution in [1.82, 2.24) is 19.9 Å². The van der Waals surface area contributed by atoms with Crippen molar-refractivity contribution < 1.29 is 0 Å². The van der Waals surface area contributed by atoms with Gasteiger partial charge in [0.15, 0.2) is 0 Å². The van der Waals surface area contributed by atoms with Crippen molar-refractivity contribution >= 4 is 38.7 Å². The molecule has 7 heteroatoms. The minimum absolute atomic E-state index is 0.170. The first-order chi connectivity index (χ1) is 14.3. The number of aromatic amines is 1. The number of halogens is 1. The molecule has 0 atom stereocenters. The van der Waals surface area contributed by atoms with Gasteiger partial charge in [0.05, 0.1) is 16.9 Å². The molecule has 0 radical (unpaired) electrons. The van der Waals surface area contributed by atoms with E-state index in [0.717, 1.165) is 26.6 Å². The maximum absolute atomic E-state index is 12.7. The maximum Gasteiger partial charge on any atom is 0.256 e. The summed E-state index contributed by atoms with van der Waals surface area (Å²) in [6.07, 6.45) is 0.520. The average molecular weight is 464 g/mol. The Morgan fingerprint density at radius 2 is 1.63 bits per heavy atom. The third-order valence-electron chi connectivity index (χ3n) is 5.25. The average Bonchev–Trinajstić information content (AvgIpc) is 2.68. The number of nitrogens with zero attached hydrogens (tertiary/aromatic N) is 3. The fourth-order valence-electron chi connectivity index (χ4n) is 3.39. The number of aryl methyl sites for hydroxylation is 4. The first-order valence-electron chi connectivity index (χ1n) is 9.67. The summed E-state index contributed by atoms with van der Waals surface area (Å²) in [5.41, 5.74) is 6.31. The Kier molecular flexibility index (Phi) is 5.39. The van der Waals surface area contributed by atoms with Crippen LogP contribution in [-0.4, -0.2) is 19.9 Å². The van der Waals surface area contributed by atoms with Gasteiger partial charge in [-0.3, -0.25) is 15.1 Å². The van der Waals surface area contributed by atoms with Gasteiger partial charge in [0.2, 0.25) is 11.9 Å². The van der Waals surface area contributed by atoms with Crippen molar-refractivity contribution in [2.45, 2.75) is 34.1 Å². The van der Waals surface area contributed by atoms with E-state index in [2.05, 4.69) is 61.1 Å². The third kappa shape index (κ3) is 4.11. The lowest BCUT2D eigenvalue weighted by molar-refractivity contribution is 0.978. The standard InChI is InChI=1S/C23H22BrN5O/c1-12-9-18-14(3)25-22(27-20(18)10-13(12)2)29-23-26-15(4)19(21(30)28-23)11-16-5-7-17(24)8-6-16/h5-10H,11H2,1-4H3,(H2,25,26,27,28,29,30). The van der Waals surface area contributed by atoms with Crippen molar-refractivity contribution in [3.63, 3.8) is 0 Å². The zero-order valence-electron chi connectivity index (χ0n) is 17.3. The van der Waals surface area contributed by atoms with Gasteiger partial charge in [0, 0.05) is 21.8 Å². The SMILES string of the molecule is Cc1cc2nc(Nc3nc(C)c(Cc4ccc(Br)cc4)c(=O)[nH]3)nc(C)c2cc1C. The van der Waals surface area contributed by atoms with Crippen molar-refractivity contribution in [1.29, 1.82) is 0 Å². The van der Waals surface area contributed by atoms with Crippen LogP contribution >= 0.6 is 15.9 Å². The number of benzene rings is 2. The molecular weight excluding hydrogens is 442 g/mol. The fourth-order valence-corrected chi connectivity index (χ4v) is 3.65. The summed E-state index contributed by atoms with van der Waals surface area (Å²) in [4.78, 5) is 29.2. The predicted molar refractivity (Wildman–Crippen MR) is 124 cm³/mol. The van der Waals surface area contributed by atoms with E-state index in [-0.39, 0.29) is 5.56 Å². The first-order valence-corrected chi connectivity index (χ1v) is 10.5. The van der Waals surface area contributed by atoms with Gasteiger partial charge in [-0.1, -0.05) is 28.1 Å². The molecular formula is C23H22BrN5O. The Balaban J connectivity index is 1.64. The van der Waals surface area contributed by atoms with E-state index in [1.165, 1.54) is 11.1 Å². The quantitative estimate of drug-likeness (QED) is 0.442. The molecule has 2 N–H and O–H groups in total. The molecule has 0 spiro atoms. The summed E-state index contributed by atoms with van der Waals surface area (Å²) in [5.74, 6) is 0.742. The highest BCUT2D eigenvalue weighted by Gasteiger charge is 2.12. The smallest absolute Gasteiger partial charge is 0.256 e. The Morgan fingerprint density at radius 1 is 0.933 bits per heavy atom. The topological polar surface area (TPSA) is 83.6 Å². The summed E-state index contributed by atoms with van der Waals surface area (Å²) in [6, 6.07) is 12.1. The molecule has 0 saturated carbocycles. The van der Waals surface area contributed by atoms with E-state index in [9.17, 15) is 4.79 Å². The summed E-state index contributed by atoms with van der Waals surface area (Å²) >= 11 is 3.43. The van der Waals surface area contributed by atoms with Crippen LogP contribution in [0.5, 0.6) is 0 Å². The molecule has 152 valence electrons. The monoisotopic (exact) mass is 463 g/mol. The Hall–Kier alpha value is -3.06. The van der Waals surface area contributed by atoms with E-state index in [1.807, 2.05) is 44.2 Å². The molecule has 0 aliphatic heterocycles. The lowest BCUT2D eigenvalue weighted by Gasteiger charge is -2.11. The number of hydrogen-bond acceptors (Lipinski definition) is 5. The normalized spacial score (nSPS) is 11.1. The predicted octanol–water partition coefficient (Wildman–Crippen LogP) is 5.04. The molecule has 30 heavy (non-hydrogen) atoms. The molecule has 0 bridgehead atoms. The molecule has 2 aromatic heterocycles. The Bertz CT molecular complexity index is 1310. The molecule has 0 amide bonds. The molecule has 4 rings (SSSR count). The van der Waals surface area contributed by atoms with Crippen LogP contribution in [0.25, 0.3) is 10.9 Å². The second kappa shape index (κ2) is 7.99. The van der Waals surface area contributed by atoms with Crippen molar-refractivity contribution in [2.24, 2.45) is 0 Å². The van der Waals surface area contributed by atoms with Gasteiger partial charge in [0.25, 0.3) is 5.56 Å². The van der Waals surface area contributed by atoms with Crippen LogP contribution in [0.15, 0.2) is 45.7 Å². The summed E-state index contributed by atoms with van der Waals surface area (Å²) in [7, 11) is 0. The number of fused-ring (bicyclic) bond motifs is 1. The summed E-state index contributed by atoms with van der Waals surface area (Å²) < 4.78 is 1.01. The second-order valence-electron chi connectivity index (χ2n) is 7.49. The van der Waals surface area contributed by atoms with Crippen molar-refractivity contribution in [3.8, 4) is 0 Å². The van der Waals surface area contributed by atoms with Crippen LogP contribution in [0.1, 0.15) is 33.6 Å². The van der Waals surface area contributed by atoms with Crippen LogP contribution in [-0.2, 0) is 6.42 Å². The van der Waals surface area contributed by atoms with Gasteiger partial charge >= 0.3 is 0 Å². The van der Waals surface area contributed by atoms with Gasteiger partial charge < -0.3 is 0 Å². The number of H-pyrrole nitrogens is 1. The molecule has 6 nitrogen and oxygen atoms in total. The third-order valence-corrected chi connectivity index (χ3v) is 5.78. The van der Waals surface area contributed by atoms with E-state index in [0.29, 0.717) is 29.6 Å². The number of hydrogen-bond donors (Lipinski definition) is 2. The van der Waals surface area contributed by atoms with Crippen molar-refractivity contribution in [2.75, 3.05) is 5.32 Å². The maximum atomic E-state index is 12.7. The number of rotatable bonds is 4. The van der Waals surface area contributed by atoms with Crippen LogP contribution in [0.3, 0.4) is 0 Å².